The molecule has 0 unspecified atom stereocenters. The van der Waals surface area contributed by atoms with Gasteiger partial charge in [-0.2, -0.15) is 0 Å². The maximum Gasteiger partial charge on any atom is 0.266 e. The van der Waals surface area contributed by atoms with Gasteiger partial charge in [-0.15, -0.1) is 0 Å². The van der Waals surface area contributed by atoms with Gasteiger partial charge in [-0.25, -0.2) is 9.97 Å². The van der Waals surface area contributed by atoms with Gasteiger partial charge in [0.15, 0.2) is 0 Å². The summed E-state index contributed by atoms with van der Waals surface area (Å²) < 4.78 is 7.35. The number of fused-ring (bicyclic) bond motifs is 1. The van der Waals surface area contributed by atoms with Crippen molar-refractivity contribution in [3.63, 3.8) is 0 Å². The molecule has 150 valence electrons. The lowest BCUT2D eigenvalue weighted by Gasteiger charge is -2.14. The second-order valence-electron chi connectivity index (χ2n) is 6.87. The van der Waals surface area contributed by atoms with Crippen LogP contribution in [0.5, 0.6) is 11.6 Å². The first-order valence-corrected chi connectivity index (χ1v) is 10.0. The van der Waals surface area contributed by atoms with Crippen LogP contribution in [-0.2, 0) is 0 Å². The molecule has 2 aromatic heterocycles. The normalized spacial score (nSPS) is 10.9. The molecule has 0 aliphatic carbocycles. The van der Waals surface area contributed by atoms with Crippen LogP contribution in [-0.4, -0.2) is 14.5 Å². The third kappa shape index (κ3) is 3.79. The van der Waals surface area contributed by atoms with E-state index in [0.717, 1.165) is 0 Å². The minimum Gasteiger partial charge on any atom is -0.439 e. The molecule has 6 heteroatoms. The molecule has 0 spiro atoms. The van der Waals surface area contributed by atoms with Gasteiger partial charge < -0.3 is 4.74 Å². The third-order valence-electron chi connectivity index (χ3n) is 4.82. The second kappa shape index (κ2) is 8.05. The Labute approximate surface area is 183 Å². The van der Waals surface area contributed by atoms with Crippen LogP contribution in [0.2, 0.25) is 5.02 Å². The van der Waals surface area contributed by atoms with E-state index in [0.29, 0.717) is 44.6 Å². The highest BCUT2D eigenvalue weighted by atomic mass is 35.5. The molecular weight excluding hydrogens is 410 g/mol. The number of aromatic nitrogens is 3. The van der Waals surface area contributed by atoms with Crippen LogP contribution in [0.3, 0.4) is 0 Å². The lowest BCUT2D eigenvalue weighted by molar-refractivity contribution is 0.463. The third-order valence-corrected chi connectivity index (χ3v) is 5.07. The zero-order chi connectivity index (χ0) is 21.2. The quantitative estimate of drug-likeness (QED) is 0.360. The van der Waals surface area contributed by atoms with Crippen LogP contribution in [0, 0.1) is 0 Å². The fourth-order valence-electron chi connectivity index (χ4n) is 3.34. The van der Waals surface area contributed by atoms with Gasteiger partial charge in [0.25, 0.3) is 5.56 Å². The van der Waals surface area contributed by atoms with Crippen molar-refractivity contribution in [1.29, 1.82) is 0 Å². The minimum absolute atomic E-state index is 0.160. The van der Waals surface area contributed by atoms with Crippen LogP contribution < -0.4 is 10.3 Å². The molecule has 5 nitrogen and oxygen atoms in total. The first-order chi connectivity index (χ1) is 15.2. The van der Waals surface area contributed by atoms with E-state index in [4.69, 9.17) is 21.3 Å². The first kappa shape index (κ1) is 19.0. The topological polar surface area (TPSA) is 57.0 Å². The lowest BCUT2D eigenvalue weighted by Crippen LogP contribution is -2.22. The van der Waals surface area contributed by atoms with Gasteiger partial charge >= 0.3 is 0 Å². The summed E-state index contributed by atoms with van der Waals surface area (Å²) >= 11 is 6.05. The Morgan fingerprint density at radius 1 is 0.806 bits per heavy atom. The summed E-state index contributed by atoms with van der Waals surface area (Å²) in [6.07, 6.45) is 1.65. The Bertz CT molecular complexity index is 1410. The summed E-state index contributed by atoms with van der Waals surface area (Å²) in [5, 5.41) is 1.13. The minimum atomic E-state index is -0.160. The highest BCUT2D eigenvalue weighted by Gasteiger charge is 2.15. The number of nitrogens with zero attached hydrogens (tertiary/aromatic N) is 3. The molecular formula is C25H16ClN3O2. The van der Waals surface area contributed by atoms with E-state index in [-0.39, 0.29) is 5.56 Å². The SMILES string of the molecule is O=c1c2ccccc2nc(-c2ccc(Oc3ccccc3)nc2)n1-c1ccc(Cl)cc1. The molecule has 0 fully saturated rings. The summed E-state index contributed by atoms with van der Waals surface area (Å²) in [7, 11) is 0. The van der Waals surface area contributed by atoms with Gasteiger partial charge in [0.05, 0.1) is 16.6 Å². The van der Waals surface area contributed by atoms with E-state index in [9.17, 15) is 4.79 Å². The van der Waals surface area contributed by atoms with Crippen molar-refractivity contribution in [1.82, 2.24) is 14.5 Å². The maximum absolute atomic E-state index is 13.4. The Morgan fingerprint density at radius 2 is 1.55 bits per heavy atom. The molecule has 31 heavy (non-hydrogen) atoms. The van der Waals surface area contributed by atoms with Crippen LogP contribution >= 0.6 is 11.6 Å². The van der Waals surface area contributed by atoms with Crippen molar-refractivity contribution in [3.05, 3.63) is 113 Å². The number of halogens is 1. The molecule has 0 atom stereocenters. The highest BCUT2D eigenvalue weighted by molar-refractivity contribution is 6.30. The Balaban J connectivity index is 1.64. The van der Waals surface area contributed by atoms with E-state index in [1.54, 1.807) is 47.2 Å². The van der Waals surface area contributed by atoms with Crippen molar-refractivity contribution in [2.24, 2.45) is 0 Å². The summed E-state index contributed by atoms with van der Waals surface area (Å²) in [6, 6.07) is 27.4. The molecule has 0 aliphatic rings. The fraction of sp³-hybridized carbons (Fsp3) is 0. The van der Waals surface area contributed by atoms with Crippen molar-refractivity contribution in [3.8, 4) is 28.7 Å². The zero-order valence-electron chi connectivity index (χ0n) is 16.3. The second-order valence-corrected chi connectivity index (χ2v) is 7.31. The summed E-state index contributed by atoms with van der Waals surface area (Å²) in [5.74, 6) is 1.64. The fourth-order valence-corrected chi connectivity index (χ4v) is 3.46. The first-order valence-electron chi connectivity index (χ1n) is 9.66. The predicted octanol–water partition coefficient (Wildman–Crippen LogP) is 5.89. The van der Waals surface area contributed by atoms with E-state index >= 15 is 0 Å². The maximum atomic E-state index is 13.4. The number of rotatable bonds is 4. The van der Waals surface area contributed by atoms with Crippen LogP contribution in [0.15, 0.2) is 102 Å². The van der Waals surface area contributed by atoms with E-state index in [1.165, 1.54) is 0 Å². The number of hydrogen-bond donors (Lipinski definition) is 0. The summed E-state index contributed by atoms with van der Waals surface area (Å²) in [6.45, 7) is 0. The standard InChI is InChI=1S/C25H16ClN3O2/c26-18-11-13-19(14-12-18)29-24(28-22-9-5-4-8-21(22)25(29)30)17-10-15-23(27-16-17)31-20-6-2-1-3-7-20/h1-16H. The van der Waals surface area contributed by atoms with Crippen LogP contribution in [0.4, 0.5) is 0 Å². The molecule has 0 N–H and O–H groups in total. The average molecular weight is 426 g/mol. The molecule has 0 amide bonds. The largest absolute Gasteiger partial charge is 0.439 e. The molecule has 5 aromatic rings. The van der Waals surface area contributed by atoms with Crippen LogP contribution in [0.1, 0.15) is 0 Å². The van der Waals surface area contributed by atoms with E-state index in [2.05, 4.69) is 4.98 Å². The molecule has 0 saturated heterocycles. The van der Waals surface area contributed by atoms with Crippen molar-refractivity contribution in [2.75, 3.05) is 0 Å². The molecule has 5 rings (SSSR count). The highest BCUT2D eigenvalue weighted by Crippen LogP contribution is 2.25. The van der Waals surface area contributed by atoms with Gasteiger partial charge in [0, 0.05) is 22.8 Å². The summed E-state index contributed by atoms with van der Waals surface area (Å²) in [4.78, 5) is 22.5. The number of para-hydroxylation sites is 2. The number of benzene rings is 3. The smallest absolute Gasteiger partial charge is 0.266 e. The average Bonchev–Trinajstić information content (AvgIpc) is 2.81. The van der Waals surface area contributed by atoms with E-state index < -0.39 is 0 Å². The van der Waals surface area contributed by atoms with Crippen molar-refractivity contribution < 1.29 is 4.74 Å². The van der Waals surface area contributed by atoms with Crippen molar-refractivity contribution in [2.45, 2.75) is 0 Å². The number of pyridine rings is 1. The van der Waals surface area contributed by atoms with E-state index in [1.807, 2.05) is 54.6 Å². The molecule has 0 saturated carbocycles. The van der Waals surface area contributed by atoms with Gasteiger partial charge in [-0.1, -0.05) is 41.9 Å². The number of ether oxygens (including phenoxy) is 1. The predicted molar refractivity (Wildman–Crippen MR) is 122 cm³/mol. The molecule has 2 heterocycles. The molecule has 3 aromatic carbocycles. The van der Waals surface area contributed by atoms with Crippen molar-refractivity contribution >= 4 is 22.5 Å². The van der Waals surface area contributed by atoms with Crippen LogP contribution in [0.25, 0.3) is 28.0 Å². The Kier molecular flexibility index (Phi) is 4.94. The summed E-state index contributed by atoms with van der Waals surface area (Å²) in [5.41, 5.74) is 1.83. The molecule has 0 bridgehead atoms. The van der Waals surface area contributed by atoms with Gasteiger partial charge in [-0.05, 0) is 54.6 Å². The lowest BCUT2D eigenvalue weighted by atomic mass is 10.2. The molecule has 0 radical (unpaired) electrons. The van der Waals surface area contributed by atoms with Gasteiger partial charge in [0.1, 0.15) is 11.6 Å². The van der Waals surface area contributed by atoms with Gasteiger partial charge in [-0.3, -0.25) is 9.36 Å². The molecule has 0 aliphatic heterocycles. The monoisotopic (exact) mass is 425 g/mol. The Morgan fingerprint density at radius 3 is 2.29 bits per heavy atom. The number of hydrogen-bond acceptors (Lipinski definition) is 4. The Hall–Kier alpha value is -3.96. The zero-order valence-corrected chi connectivity index (χ0v) is 17.0. The van der Waals surface area contributed by atoms with Gasteiger partial charge in [0.2, 0.25) is 5.88 Å².